The Bertz CT molecular complexity index is 413. The molecule has 0 bridgehead atoms. The summed E-state index contributed by atoms with van der Waals surface area (Å²) in [6.07, 6.45) is 5.90. The second-order valence-electron chi connectivity index (χ2n) is 7.56. The van der Waals surface area contributed by atoms with Crippen LogP contribution >= 0.6 is 11.6 Å². The Balaban J connectivity index is 2.10. The summed E-state index contributed by atoms with van der Waals surface area (Å²) in [5, 5.41) is -0.418. The zero-order chi connectivity index (χ0) is 15.7. The predicted molar refractivity (Wildman–Crippen MR) is 89.4 cm³/mol. The molecule has 0 N–H and O–H groups in total. The number of amides is 1. The summed E-state index contributed by atoms with van der Waals surface area (Å²) >= 11 is 6.64. The molecule has 0 spiro atoms. The lowest BCUT2D eigenvalue weighted by Gasteiger charge is -2.37. The monoisotopic (exact) mass is 311 g/mol. The molecule has 2 aliphatic carbocycles. The summed E-state index contributed by atoms with van der Waals surface area (Å²) in [6.45, 7) is 11.7. The van der Waals surface area contributed by atoms with Gasteiger partial charge in [0.2, 0.25) is 5.91 Å². The van der Waals surface area contributed by atoms with Crippen LogP contribution in [0.25, 0.3) is 0 Å². The molecule has 4 unspecified atom stereocenters. The summed E-state index contributed by atoms with van der Waals surface area (Å²) < 4.78 is 0. The van der Waals surface area contributed by atoms with E-state index in [2.05, 4.69) is 40.7 Å². The van der Waals surface area contributed by atoms with Crippen LogP contribution in [0.4, 0.5) is 0 Å². The number of rotatable bonds is 5. The molecule has 0 aromatic heterocycles. The molecular formula is C18H30ClNO. The van der Waals surface area contributed by atoms with Crippen molar-refractivity contribution < 1.29 is 4.79 Å². The highest BCUT2D eigenvalue weighted by Crippen LogP contribution is 2.38. The van der Waals surface area contributed by atoms with E-state index in [1.54, 1.807) is 0 Å². The maximum atomic E-state index is 12.9. The van der Waals surface area contributed by atoms with Crippen LogP contribution in [0.3, 0.4) is 0 Å². The molecule has 2 rings (SSSR count). The van der Waals surface area contributed by atoms with Crippen molar-refractivity contribution in [1.29, 1.82) is 0 Å². The normalized spacial score (nSPS) is 31.0. The van der Waals surface area contributed by atoms with Gasteiger partial charge in [-0.2, -0.15) is 0 Å². The average molecular weight is 312 g/mol. The molecule has 0 aromatic carbocycles. The Hall–Kier alpha value is -0.500. The van der Waals surface area contributed by atoms with Crippen molar-refractivity contribution in [3.63, 3.8) is 0 Å². The van der Waals surface area contributed by atoms with Gasteiger partial charge in [0.1, 0.15) is 5.38 Å². The molecule has 0 aromatic rings. The summed E-state index contributed by atoms with van der Waals surface area (Å²) in [6, 6.07) is 0.237. The first kappa shape index (κ1) is 16.9. The van der Waals surface area contributed by atoms with E-state index in [9.17, 15) is 4.79 Å². The Labute approximate surface area is 134 Å². The molecule has 4 atom stereocenters. The van der Waals surface area contributed by atoms with Crippen LogP contribution in [0.2, 0.25) is 0 Å². The topological polar surface area (TPSA) is 20.3 Å². The van der Waals surface area contributed by atoms with Gasteiger partial charge in [0, 0.05) is 18.5 Å². The van der Waals surface area contributed by atoms with E-state index in [1.807, 2.05) is 4.90 Å². The van der Waals surface area contributed by atoms with Crippen molar-refractivity contribution in [3.8, 4) is 0 Å². The van der Waals surface area contributed by atoms with Crippen molar-refractivity contribution in [2.75, 3.05) is 6.54 Å². The Morgan fingerprint density at radius 2 is 2.00 bits per heavy atom. The summed E-state index contributed by atoms with van der Waals surface area (Å²) in [4.78, 5) is 14.9. The fourth-order valence-corrected chi connectivity index (χ4v) is 3.86. The standard InChI is InChI=1S/C18H30ClNO/c1-11(2)20(10-15-6-7-15)18(21)17(19)16-9-12(3)8-13(4)14(16)5/h9,11,13-17H,6-8,10H2,1-5H3. The van der Waals surface area contributed by atoms with Crippen LogP contribution in [0.5, 0.6) is 0 Å². The Morgan fingerprint density at radius 3 is 2.52 bits per heavy atom. The molecule has 1 saturated carbocycles. The maximum Gasteiger partial charge on any atom is 0.241 e. The van der Waals surface area contributed by atoms with Crippen LogP contribution in [-0.2, 0) is 4.79 Å². The SMILES string of the molecule is CC1=CC(C(Cl)C(=O)N(CC2CC2)C(C)C)C(C)C(C)C1. The zero-order valence-electron chi connectivity index (χ0n) is 14.1. The smallest absolute Gasteiger partial charge is 0.241 e. The second kappa shape index (κ2) is 6.73. The molecule has 0 aliphatic heterocycles. The Kier molecular flexibility index (Phi) is 5.40. The largest absolute Gasteiger partial charge is 0.339 e. The van der Waals surface area contributed by atoms with Crippen LogP contribution in [0, 0.1) is 23.7 Å². The first-order valence-electron chi connectivity index (χ1n) is 8.43. The third kappa shape index (κ3) is 4.03. The van der Waals surface area contributed by atoms with Crippen molar-refractivity contribution in [2.45, 2.75) is 65.3 Å². The molecule has 1 amide bonds. The number of hydrogen-bond acceptors (Lipinski definition) is 1. The van der Waals surface area contributed by atoms with Crippen LogP contribution in [0.15, 0.2) is 11.6 Å². The van der Waals surface area contributed by atoms with Crippen molar-refractivity contribution in [3.05, 3.63) is 11.6 Å². The first-order chi connectivity index (χ1) is 9.81. The van der Waals surface area contributed by atoms with Crippen LogP contribution in [0.1, 0.15) is 53.9 Å². The summed E-state index contributed by atoms with van der Waals surface area (Å²) in [5.74, 6) is 2.08. The van der Waals surface area contributed by atoms with Crippen LogP contribution < -0.4 is 0 Å². The van der Waals surface area contributed by atoms with E-state index >= 15 is 0 Å². The minimum atomic E-state index is -0.418. The molecular weight excluding hydrogens is 282 g/mol. The molecule has 3 heteroatoms. The van der Waals surface area contributed by atoms with E-state index in [4.69, 9.17) is 11.6 Å². The number of allylic oxidation sites excluding steroid dienone is 2. The van der Waals surface area contributed by atoms with Crippen molar-refractivity contribution in [2.24, 2.45) is 23.7 Å². The van der Waals surface area contributed by atoms with Crippen LogP contribution in [-0.4, -0.2) is 28.8 Å². The molecule has 0 heterocycles. The van der Waals surface area contributed by atoms with E-state index in [0.29, 0.717) is 17.8 Å². The highest BCUT2D eigenvalue weighted by atomic mass is 35.5. The fourth-order valence-electron chi connectivity index (χ4n) is 3.43. The fraction of sp³-hybridized carbons (Fsp3) is 0.833. The molecule has 21 heavy (non-hydrogen) atoms. The lowest BCUT2D eigenvalue weighted by Crippen LogP contribution is -2.46. The molecule has 1 fully saturated rings. The number of carbonyl (C=O) groups is 1. The van der Waals surface area contributed by atoms with Gasteiger partial charge in [0.15, 0.2) is 0 Å². The average Bonchev–Trinajstić information content (AvgIpc) is 3.22. The first-order valence-corrected chi connectivity index (χ1v) is 8.86. The zero-order valence-corrected chi connectivity index (χ0v) is 14.9. The van der Waals surface area contributed by atoms with E-state index in [0.717, 1.165) is 13.0 Å². The van der Waals surface area contributed by atoms with E-state index < -0.39 is 5.38 Å². The highest BCUT2D eigenvalue weighted by molar-refractivity contribution is 6.31. The predicted octanol–water partition coefficient (Wildman–Crippen LogP) is 4.48. The molecule has 120 valence electrons. The number of carbonyl (C=O) groups excluding carboxylic acids is 1. The van der Waals surface area contributed by atoms with Gasteiger partial charge in [-0.1, -0.05) is 25.5 Å². The van der Waals surface area contributed by atoms with Gasteiger partial charge in [-0.25, -0.2) is 0 Å². The molecule has 0 saturated heterocycles. The molecule has 2 aliphatic rings. The lowest BCUT2D eigenvalue weighted by atomic mass is 9.73. The lowest BCUT2D eigenvalue weighted by molar-refractivity contribution is -0.133. The number of nitrogens with zero attached hydrogens (tertiary/aromatic N) is 1. The van der Waals surface area contributed by atoms with Gasteiger partial charge in [-0.05, 0) is 57.8 Å². The van der Waals surface area contributed by atoms with Crippen molar-refractivity contribution in [1.82, 2.24) is 4.90 Å². The highest BCUT2D eigenvalue weighted by Gasteiger charge is 2.38. The van der Waals surface area contributed by atoms with E-state index in [-0.39, 0.29) is 17.9 Å². The van der Waals surface area contributed by atoms with Gasteiger partial charge in [-0.15, -0.1) is 11.6 Å². The molecule has 0 radical (unpaired) electrons. The van der Waals surface area contributed by atoms with Gasteiger partial charge < -0.3 is 4.90 Å². The quantitative estimate of drug-likeness (QED) is 0.541. The van der Waals surface area contributed by atoms with E-state index in [1.165, 1.54) is 18.4 Å². The third-order valence-electron chi connectivity index (χ3n) is 5.26. The minimum Gasteiger partial charge on any atom is -0.339 e. The minimum absolute atomic E-state index is 0.133. The maximum absolute atomic E-state index is 12.9. The van der Waals surface area contributed by atoms with Gasteiger partial charge in [0.05, 0.1) is 0 Å². The Morgan fingerprint density at radius 1 is 1.38 bits per heavy atom. The summed E-state index contributed by atoms with van der Waals surface area (Å²) in [7, 11) is 0. The summed E-state index contributed by atoms with van der Waals surface area (Å²) in [5.41, 5.74) is 1.38. The molecule has 2 nitrogen and oxygen atoms in total. The van der Waals surface area contributed by atoms with Gasteiger partial charge in [0.25, 0.3) is 0 Å². The second-order valence-corrected chi connectivity index (χ2v) is 8.03. The van der Waals surface area contributed by atoms with Gasteiger partial charge >= 0.3 is 0 Å². The number of halogens is 1. The number of alkyl halides is 1. The third-order valence-corrected chi connectivity index (χ3v) is 5.74. The van der Waals surface area contributed by atoms with Crippen molar-refractivity contribution >= 4 is 17.5 Å². The van der Waals surface area contributed by atoms with Gasteiger partial charge in [-0.3, -0.25) is 4.79 Å². The number of hydrogen-bond donors (Lipinski definition) is 0.